The van der Waals surface area contributed by atoms with Crippen molar-refractivity contribution >= 4 is 5.78 Å². The molecule has 0 atom stereocenters. The Labute approximate surface area is 126 Å². The number of ether oxygens (including phenoxy) is 1. The molecule has 0 saturated carbocycles. The van der Waals surface area contributed by atoms with E-state index in [2.05, 4.69) is 20.3 Å². The van der Waals surface area contributed by atoms with Gasteiger partial charge in [-0.3, -0.25) is 4.79 Å². The van der Waals surface area contributed by atoms with Crippen LogP contribution >= 0.6 is 0 Å². The maximum Gasteiger partial charge on any atom is 0.387 e. The average molecular weight is 310 g/mol. The van der Waals surface area contributed by atoms with Crippen LogP contribution in [0.25, 0.3) is 0 Å². The van der Waals surface area contributed by atoms with Gasteiger partial charge in [0.05, 0.1) is 0 Å². The maximum atomic E-state index is 12.3. The van der Waals surface area contributed by atoms with Gasteiger partial charge in [-0.2, -0.15) is 8.78 Å². The Kier molecular flexibility index (Phi) is 4.48. The first-order valence-corrected chi connectivity index (χ1v) is 6.62. The van der Waals surface area contributed by atoms with Gasteiger partial charge in [0.2, 0.25) is 0 Å². The first-order chi connectivity index (χ1) is 10.3. The van der Waals surface area contributed by atoms with Crippen molar-refractivity contribution in [2.24, 2.45) is 0 Å². The zero-order chi connectivity index (χ0) is 16.3. The summed E-state index contributed by atoms with van der Waals surface area (Å²) in [4.78, 5) is 12.3. The third-order valence-corrected chi connectivity index (χ3v) is 2.88. The smallest absolute Gasteiger partial charge is 0.387 e. The number of Topliss-reactive ketones (excluding diaryl/α,β-unsaturated/α-hetero) is 1. The molecule has 0 fully saturated rings. The highest BCUT2D eigenvalue weighted by Gasteiger charge is 2.23. The molecule has 0 saturated heterocycles. The van der Waals surface area contributed by atoms with Gasteiger partial charge in [-0.1, -0.05) is 32.9 Å². The summed E-state index contributed by atoms with van der Waals surface area (Å²) >= 11 is 0. The molecule has 0 aliphatic heterocycles. The summed E-state index contributed by atoms with van der Waals surface area (Å²) in [6.07, 6.45) is 0. The average Bonchev–Trinajstić information content (AvgIpc) is 2.86. The molecule has 0 spiro atoms. The van der Waals surface area contributed by atoms with Crippen LogP contribution in [-0.4, -0.2) is 32.6 Å². The van der Waals surface area contributed by atoms with Crippen molar-refractivity contribution in [3.8, 4) is 5.75 Å². The summed E-state index contributed by atoms with van der Waals surface area (Å²) in [6.45, 7) is 2.78. The van der Waals surface area contributed by atoms with Crippen LogP contribution < -0.4 is 4.74 Å². The largest absolute Gasteiger partial charge is 0.435 e. The van der Waals surface area contributed by atoms with Crippen LogP contribution in [0.15, 0.2) is 24.3 Å². The molecular weight excluding hydrogens is 294 g/mol. The fraction of sp³-hybridized carbons (Fsp3) is 0.429. The summed E-state index contributed by atoms with van der Waals surface area (Å²) in [7, 11) is 0. The molecule has 0 amide bonds. The van der Waals surface area contributed by atoms with Gasteiger partial charge in [0.25, 0.3) is 0 Å². The zero-order valence-corrected chi connectivity index (χ0v) is 12.5. The zero-order valence-electron chi connectivity index (χ0n) is 12.5. The number of hydrogen-bond donors (Lipinski definition) is 0. The number of hydrogen-bond acceptors (Lipinski definition) is 5. The predicted octanol–water partition coefficient (Wildman–Crippen LogP) is 2.45. The van der Waals surface area contributed by atoms with Crippen LogP contribution in [0.5, 0.6) is 5.75 Å². The van der Waals surface area contributed by atoms with E-state index in [0.29, 0.717) is 5.82 Å². The molecule has 0 radical (unpaired) electrons. The van der Waals surface area contributed by atoms with Gasteiger partial charge >= 0.3 is 6.61 Å². The van der Waals surface area contributed by atoms with Crippen molar-refractivity contribution in [2.45, 2.75) is 39.3 Å². The summed E-state index contributed by atoms with van der Waals surface area (Å²) in [5.74, 6) is 0.215. The minimum atomic E-state index is -2.93. The van der Waals surface area contributed by atoms with Crippen LogP contribution in [-0.2, 0) is 12.0 Å². The highest BCUT2D eigenvalue weighted by Crippen LogP contribution is 2.20. The SMILES string of the molecule is CC(C)(C)c1nnnn1CC(=O)c1cccc(OC(F)F)c1. The first-order valence-electron chi connectivity index (χ1n) is 6.62. The molecule has 2 rings (SSSR count). The van der Waals surface area contributed by atoms with Crippen molar-refractivity contribution in [1.82, 2.24) is 20.2 Å². The quantitative estimate of drug-likeness (QED) is 0.793. The van der Waals surface area contributed by atoms with E-state index in [0.717, 1.165) is 0 Å². The molecule has 22 heavy (non-hydrogen) atoms. The lowest BCUT2D eigenvalue weighted by atomic mass is 9.96. The van der Waals surface area contributed by atoms with Crippen molar-refractivity contribution in [2.75, 3.05) is 0 Å². The summed E-state index contributed by atoms with van der Waals surface area (Å²) in [5.41, 5.74) is -0.0572. The van der Waals surface area contributed by atoms with Crippen molar-refractivity contribution in [1.29, 1.82) is 0 Å². The van der Waals surface area contributed by atoms with E-state index in [9.17, 15) is 13.6 Å². The van der Waals surface area contributed by atoms with Gasteiger partial charge in [0.15, 0.2) is 11.6 Å². The Hall–Kier alpha value is -2.38. The second-order valence-corrected chi connectivity index (χ2v) is 5.74. The highest BCUT2D eigenvalue weighted by atomic mass is 19.3. The number of benzene rings is 1. The third kappa shape index (κ3) is 3.84. The maximum absolute atomic E-state index is 12.3. The van der Waals surface area contributed by atoms with Crippen LogP contribution in [0, 0.1) is 0 Å². The van der Waals surface area contributed by atoms with E-state index >= 15 is 0 Å². The minimum Gasteiger partial charge on any atom is -0.435 e. The lowest BCUT2D eigenvalue weighted by molar-refractivity contribution is -0.0498. The fourth-order valence-electron chi connectivity index (χ4n) is 1.92. The Balaban J connectivity index is 2.18. The molecule has 6 nitrogen and oxygen atoms in total. The number of rotatable bonds is 5. The summed E-state index contributed by atoms with van der Waals surface area (Å²) in [6, 6.07) is 5.65. The van der Waals surface area contributed by atoms with Gasteiger partial charge in [-0.15, -0.1) is 5.10 Å². The van der Waals surface area contributed by atoms with Crippen molar-refractivity contribution < 1.29 is 18.3 Å². The van der Waals surface area contributed by atoms with Gasteiger partial charge < -0.3 is 4.74 Å². The Morgan fingerprint density at radius 2 is 2.09 bits per heavy atom. The molecule has 1 aromatic carbocycles. The number of alkyl halides is 2. The monoisotopic (exact) mass is 310 g/mol. The molecular formula is C14H16F2N4O2. The minimum absolute atomic E-state index is 0.0615. The molecule has 0 N–H and O–H groups in total. The van der Waals surface area contributed by atoms with Gasteiger partial charge in [-0.05, 0) is 22.6 Å². The molecule has 0 bridgehead atoms. The summed E-state index contributed by atoms with van der Waals surface area (Å²) in [5, 5.41) is 11.3. The third-order valence-electron chi connectivity index (χ3n) is 2.88. The standard InChI is InChI=1S/C14H16F2N4O2/c1-14(2,3)12-17-18-19-20(12)8-11(21)9-5-4-6-10(7-9)22-13(15)16/h4-7,13H,8H2,1-3H3. The molecule has 0 aliphatic carbocycles. The number of ketones is 1. The van der Waals surface area contributed by atoms with Crippen molar-refractivity contribution in [3.05, 3.63) is 35.7 Å². The predicted molar refractivity (Wildman–Crippen MR) is 73.9 cm³/mol. The van der Waals surface area contributed by atoms with Crippen LogP contribution in [0.4, 0.5) is 8.78 Å². The summed E-state index contributed by atoms with van der Waals surface area (Å²) < 4.78 is 30.1. The van der Waals surface area contributed by atoms with Gasteiger partial charge in [0.1, 0.15) is 12.3 Å². The Morgan fingerprint density at radius 3 is 2.73 bits per heavy atom. The van der Waals surface area contributed by atoms with E-state index in [4.69, 9.17) is 0 Å². The van der Waals surface area contributed by atoms with E-state index in [-0.39, 0.29) is 29.1 Å². The lowest BCUT2D eigenvalue weighted by Gasteiger charge is -2.16. The van der Waals surface area contributed by atoms with Crippen LogP contribution in [0.3, 0.4) is 0 Å². The molecule has 8 heteroatoms. The van der Waals surface area contributed by atoms with Crippen LogP contribution in [0.2, 0.25) is 0 Å². The normalized spacial score (nSPS) is 11.7. The van der Waals surface area contributed by atoms with Crippen LogP contribution in [0.1, 0.15) is 37.0 Å². The van der Waals surface area contributed by atoms with Gasteiger partial charge in [-0.25, -0.2) is 4.68 Å². The lowest BCUT2D eigenvalue weighted by Crippen LogP contribution is -2.23. The fourth-order valence-corrected chi connectivity index (χ4v) is 1.92. The Bertz CT molecular complexity index is 665. The van der Waals surface area contributed by atoms with Crippen molar-refractivity contribution in [3.63, 3.8) is 0 Å². The molecule has 0 aliphatic rings. The molecule has 0 unspecified atom stereocenters. The number of tetrazole rings is 1. The number of nitrogens with zero attached hydrogens (tertiary/aromatic N) is 4. The Morgan fingerprint density at radius 1 is 1.36 bits per heavy atom. The molecule has 118 valence electrons. The number of aromatic nitrogens is 4. The molecule has 2 aromatic rings. The van der Waals surface area contributed by atoms with E-state index in [1.807, 2.05) is 20.8 Å². The number of carbonyl (C=O) groups excluding carboxylic acids is 1. The van der Waals surface area contributed by atoms with Gasteiger partial charge in [0, 0.05) is 11.0 Å². The number of halogens is 2. The van der Waals surface area contributed by atoms with E-state index < -0.39 is 6.61 Å². The second-order valence-electron chi connectivity index (χ2n) is 5.74. The van der Waals surface area contributed by atoms with E-state index in [1.165, 1.54) is 28.9 Å². The molecule has 1 aromatic heterocycles. The molecule has 1 heterocycles. The first kappa shape index (κ1) is 16.0. The highest BCUT2D eigenvalue weighted by molar-refractivity contribution is 5.96. The second kappa shape index (κ2) is 6.17. The number of carbonyl (C=O) groups is 1. The topological polar surface area (TPSA) is 69.9 Å². The van der Waals surface area contributed by atoms with E-state index in [1.54, 1.807) is 0 Å².